The molecule has 9 nitrogen and oxygen atoms in total. The van der Waals surface area contributed by atoms with Gasteiger partial charge in [0, 0.05) is 57.8 Å². The van der Waals surface area contributed by atoms with Gasteiger partial charge in [0.25, 0.3) is 5.91 Å². The summed E-state index contributed by atoms with van der Waals surface area (Å²) in [4.78, 5) is 43.5. The van der Waals surface area contributed by atoms with Crippen LogP contribution in [0.3, 0.4) is 0 Å². The second kappa shape index (κ2) is 10.1. The van der Waals surface area contributed by atoms with Crippen LogP contribution in [0.4, 0.5) is 0 Å². The third kappa shape index (κ3) is 5.49. The number of hydrogen-bond donors (Lipinski definition) is 3. The number of likely N-dealkylation sites (tertiary alicyclic amines) is 1. The molecule has 0 aromatic heterocycles. The summed E-state index contributed by atoms with van der Waals surface area (Å²) in [6, 6.07) is 7.55. The van der Waals surface area contributed by atoms with Crippen LogP contribution >= 0.6 is 0 Å². The van der Waals surface area contributed by atoms with Crippen LogP contribution in [-0.2, 0) is 16.1 Å². The van der Waals surface area contributed by atoms with E-state index in [1.165, 1.54) is 0 Å². The Kier molecular flexibility index (Phi) is 7.26. The highest BCUT2D eigenvalue weighted by atomic mass is 16.2. The van der Waals surface area contributed by atoms with E-state index in [9.17, 15) is 14.4 Å². The van der Waals surface area contributed by atoms with Gasteiger partial charge in [-0.25, -0.2) is 0 Å². The van der Waals surface area contributed by atoms with E-state index < -0.39 is 0 Å². The van der Waals surface area contributed by atoms with Crippen LogP contribution in [0.5, 0.6) is 0 Å². The molecule has 0 radical (unpaired) electrons. The van der Waals surface area contributed by atoms with E-state index in [1.54, 1.807) is 24.1 Å². The molecule has 1 aromatic carbocycles. The highest BCUT2D eigenvalue weighted by Crippen LogP contribution is 2.11. The Morgan fingerprint density at radius 1 is 1.20 bits per heavy atom. The number of carbonyl (C=O) groups is 3. The zero-order chi connectivity index (χ0) is 21.5. The van der Waals surface area contributed by atoms with Crippen molar-refractivity contribution in [1.29, 1.82) is 0 Å². The molecule has 2 saturated heterocycles. The summed E-state index contributed by atoms with van der Waals surface area (Å²) >= 11 is 0. The fourth-order valence-electron chi connectivity index (χ4n) is 3.66. The Balaban J connectivity index is 1.48. The SMILES string of the molecule is CCC(=O)N1CCC(NC(=NC)NCc2ccc(C(=O)N3CCNC(=O)C3)cc2)C1. The maximum absolute atomic E-state index is 12.5. The third-order valence-corrected chi connectivity index (χ3v) is 5.39. The monoisotopic (exact) mass is 414 g/mol. The molecule has 1 unspecified atom stereocenters. The Morgan fingerprint density at radius 2 is 1.97 bits per heavy atom. The molecule has 2 aliphatic heterocycles. The summed E-state index contributed by atoms with van der Waals surface area (Å²) in [6.07, 6.45) is 1.43. The average Bonchev–Trinajstić information content (AvgIpc) is 3.24. The first-order valence-electron chi connectivity index (χ1n) is 10.4. The van der Waals surface area contributed by atoms with Gasteiger partial charge in [0.2, 0.25) is 11.8 Å². The molecule has 162 valence electrons. The Hall–Kier alpha value is -3.10. The number of piperazine rings is 1. The smallest absolute Gasteiger partial charge is 0.254 e. The predicted octanol–water partition coefficient (Wildman–Crippen LogP) is -0.0655. The number of amides is 3. The van der Waals surface area contributed by atoms with Gasteiger partial charge < -0.3 is 25.8 Å². The van der Waals surface area contributed by atoms with E-state index in [0.717, 1.165) is 18.5 Å². The first kappa shape index (κ1) is 21.6. The van der Waals surface area contributed by atoms with Gasteiger partial charge in [0.1, 0.15) is 0 Å². The number of hydrogen-bond acceptors (Lipinski definition) is 4. The first-order valence-corrected chi connectivity index (χ1v) is 10.4. The van der Waals surface area contributed by atoms with Crippen molar-refractivity contribution in [1.82, 2.24) is 25.8 Å². The van der Waals surface area contributed by atoms with Crippen molar-refractivity contribution in [2.45, 2.75) is 32.4 Å². The molecular formula is C21H30N6O3. The largest absolute Gasteiger partial charge is 0.353 e. The highest BCUT2D eigenvalue weighted by Gasteiger charge is 2.26. The zero-order valence-corrected chi connectivity index (χ0v) is 17.6. The van der Waals surface area contributed by atoms with Crippen LogP contribution in [0.1, 0.15) is 35.7 Å². The highest BCUT2D eigenvalue weighted by molar-refractivity contribution is 5.97. The Bertz CT molecular complexity index is 807. The van der Waals surface area contributed by atoms with Crippen LogP contribution in [0.15, 0.2) is 29.3 Å². The molecule has 0 spiro atoms. The van der Waals surface area contributed by atoms with Crippen LogP contribution in [0.2, 0.25) is 0 Å². The number of rotatable bonds is 5. The minimum Gasteiger partial charge on any atom is -0.353 e. The molecule has 2 heterocycles. The minimum atomic E-state index is -0.130. The van der Waals surface area contributed by atoms with Crippen LogP contribution in [0.25, 0.3) is 0 Å². The number of benzene rings is 1. The first-order chi connectivity index (χ1) is 14.5. The van der Waals surface area contributed by atoms with Gasteiger partial charge >= 0.3 is 0 Å². The number of carbonyl (C=O) groups excluding carboxylic acids is 3. The lowest BCUT2D eigenvalue weighted by Crippen LogP contribution is -2.49. The van der Waals surface area contributed by atoms with Crippen molar-refractivity contribution in [2.75, 3.05) is 39.8 Å². The lowest BCUT2D eigenvalue weighted by atomic mass is 10.1. The molecule has 0 aliphatic carbocycles. The van der Waals surface area contributed by atoms with Crippen LogP contribution in [0, 0.1) is 0 Å². The van der Waals surface area contributed by atoms with Crippen LogP contribution < -0.4 is 16.0 Å². The fraction of sp³-hybridized carbons (Fsp3) is 0.524. The van der Waals surface area contributed by atoms with Gasteiger partial charge in [-0.05, 0) is 24.1 Å². The van der Waals surface area contributed by atoms with E-state index >= 15 is 0 Å². The van der Waals surface area contributed by atoms with Crippen LogP contribution in [-0.4, -0.2) is 79.3 Å². The Labute approximate surface area is 176 Å². The third-order valence-electron chi connectivity index (χ3n) is 5.39. The zero-order valence-electron chi connectivity index (χ0n) is 17.6. The maximum Gasteiger partial charge on any atom is 0.254 e. The summed E-state index contributed by atoms with van der Waals surface area (Å²) in [6.45, 7) is 5.03. The van der Waals surface area contributed by atoms with E-state index in [0.29, 0.717) is 44.1 Å². The molecule has 2 fully saturated rings. The normalized spacial score (nSPS) is 19.5. The number of aliphatic imine (C=N–C) groups is 1. The van der Waals surface area contributed by atoms with Gasteiger partial charge in [-0.1, -0.05) is 19.1 Å². The van der Waals surface area contributed by atoms with Gasteiger partial charge in [-0.15, -0.1) is 0 Å². The molecule has 9 heteroatoms. The van der Waals surface area contributed by atoms with Crippen molar-refractivity contribution < 1.29 is 14.4 Å². The Morgan fingerprint density at radius 3 is 2.63 bits per heavy atom. The molecule has 3 rings (SSSR count). The predicted molar refractivity (Wildman–Crippen MR) is 114 cm³/mol. The molecule has 30 heavy (non-hydrogen) atoms. The molecular weight excluding hydrogens is 384 g/mol. The summed E-state index contributed by atoms with van der Waals surface area (Å²) in [5.74, 6) is 0.611. The second-order valence-electron chi connectivity index (χ2n) is 7.52. The van der Waals surface area contributed by atoms with Crippen molar-refractivity contribution in [3.8, 4) is 0 Å². The summed E-state index contributed by atoms with van der Waals surface area (Å²) in [5.41, 5.74) is 1.59. The average molecular weight is 415 g/mol. The lowest BCUT2D eigenvalue weighted by Gasteiger charge is -2.26. The standard InChI is InChI=1S/C21H30N6O3/c1-3-19(29)26-10-8-17(13-26)25-21(22-2)24-12-15-4-6-16(7-5-15)20(30)27-11-9-23-18(28)14-27/h4-7,17H,3,8-14H2,1-2H3,(H,23,28)(H2,22,24,25). The minimum absolute atomic E-state index is 0.104. The molecule has 3 N–H and O–H groups in total. The number of nitrogens with one attached hydrogen (secondary N) is 3. The second-order valence-corrected chi connectivity index (χ2v) is 7.52. The van der Waals surface area contributed by atoms with Crippen molar-refractivity contribution >= 4 is 23.7 Å². The molecule has 3 amide bonds. The quantitative estimate of drug-likeness (QED) is 0.462. The molecule has 0 bridgehead atoms. The number of guanidine groups is 1. The summed E-state index contributed by atoms with van der Waals surface area (Å²) < 4.78 is 0. The summed E-state index contributed by atoms with van der Waals surface area (Å²) in [5, 5.41) is 9.36. The fourth-order valence-corrected chi connectivity index (χ4v) is 3.66. The topological polar surface area (TPSA) is 106 Å². The van der Waals surface area contributed by atoms with Crippen molar-refractivity contribution in [2.24, 2.45) is 4.99 Å². The van der Waals surface area contributed by atoms with Gasteiger partial charge in [-0.2, -0.15) is 0 Å². The van der Waals surface area contributed by atoms with E-state index in [4.69, 9.17) is 0 Å². The van der Waals surface area contributed by atoms with E-state index in [-0.39, 0.29) is 30.3 Å². The maximum atomic E-state index is 12.5. The van der Waals surface area contributed by atoms with Crippen molar-refractivity contribution in [3.05, 3.63) is 35.4 Å². The molecule has 1 aromatic rings. The number of nitrogens with zero attached hydrogens (tertiary/aromatic N) is 3. The lowest BCUT2D eigenvalue weighted by molar-refractivity contribution is -0.129. The van der Waals surface area contributed by atoms with Gasteiger partial charge in [0.15, 0.2) is 5.96 Å². The van der Waals surface area contributed by atoms with Gasteiger partial charge in [-0.3, -0.25) is 19.4 Å². The van der Waals surface area contributed by atoms with E-state index in [2.05, 4.69) is 20.9 Å². The van der Waals surface area contributed by atoms with Crippen molar-refractivity contribution in [3.63, 3.8) is 0 Å². The van der Waals surface area contributed by atoms with E-state index in [1.807, 2.05) is 24.0 Å². The molecule has 1 atom stereocenters. The molecule has 2 aliphatic rings. The molecule has 0 saturated carbocycles. The summed E-state index contributed by atoms with van der Waals surface area (Å²) in [7, 11) is 1.72. The van der Waals surface area contributed by atoms with Gasteiger partial charge in [0.05, 0.1) is 6.54 Å².